The van der Waals surface area contributed by atoms with E-state index in [1.807, 2.05) is 0 Å². The van der Waals surface area contributed by atoms with Crippen LogP contribution in [0.3, 0.4) is 0 Å². The van der Waals surface area contributed by atoms with Crippen molar-refractivity contribution in [2.24, 2.45) is 5.92 Å². The first-order valence-corrected chi connectivity index (χ1v) is 8.34. The van der Waals surface area contributed by atoms with Gasteiger partial charge in [-0.05, 0) is 57.2 Å². The Balaban J connectivity index is 1.91. The van der Waals surface area contributed by atoms with Crippen molar-refractivity contribution in [3.8, 4) is 0 Å². The van der Waals surface area contributed by atoms with Crippen molar-refractivity contribution in [2.75, 3.05) is 18.5 Å². The fourth-order valence-electron chi connectivity index (χ4n) is 4.19. The van der Waals surface area contributed by atoms with Crippen LogP contribution in [0.15, 0.2) is 24.3 Å². The first kappa shape index (κ1) is 13.9. The van der Waals surface area contributed by atoms with Gasteiger partial charge in [0, 0.05) is 24.3 Å². The third-order valence-corrected chi connectivity index (χ3v) is 5.39. The molecule has 1 saturated carbocycles. The van der Waals surface area contributed by atoms with Crippen LogP contribution in [0.5, 0.6) is 0 Å². The Bertz CT molecular complexity index is 441. The summed E-state index contributed by atoms with van der Waals surface area (Å²) in [5.74, 6) is 0.940. The van der Waals surface area contributed by atoms with Gasteiger partial charge in [0.05, 0.1) is 0 Å². The molecule has 3 rings (SSSR count). The number of nitrogens with one attached hydrogen (secondary N) is 1. The highest BCUT2D eigenvalue weighted by Gasteiger charge is 2.34. The van der Waals surface area contributed by atoms with E-state index in [1.54, 1.807) is 0 Å². The molecule has 1 N–H and O–H groups in total. The molecule has 0 bridgehead atoms. The molecule has 1 heterocycles. The van der Waals surface area contributed by atoms with E-state index in [0.29, 0.717) is 6.04 Å². The number of piperidine rings is 1. The van der Waals surface area contributed by atoms with Crippen molar-refractivity contribution in [3.63, 3.8) is 0 Å². The van der Waals surface area contributed by atoms with Gasteiger partial charge in [0.1, 0.15) is 0 Å². The van der Waals surface area contributed by atoms with E-state index in [2.05, 4.69) is 48.5 Å². The quantitative estimate of drug-likeness (QED) is 0.890. The number of rotatable bonds is 3. The SMILES string of the molecule is CNC(C)c1ccccc1N1CCC[C@H]2CCCC[C@H]21. The maximum Gasteiger partial charge on any atom is 0.0417 e. The zero-order chi connectivity index (χ0) is 13.9. The van der Waals surface area contributed by atoms with Gasteiger partial charge in [-0.1, -0.05) is 31.0 Å². The first-order chi connectivity index (χ1) is 9.81. The Labute approximate surface area is 123 Å². The van der Waals surface area contributed by atoms with Crippen molar-refractivity contribution in [1.29, 1.82) is 0 Å². The predicted molar refractivity (Wildman–Crippen MR) is 86.2 cm³/mol. The maximum absolute atomic E-state index is 3.41. The highest BCUT2D eigenvalue weighted by atomic mass is 15.2. The highest BCUT2D eigenvalue weighted by molar-refractivity contribution is 5.56. The van der Waals surface area contributed by atoms with E-state index in [0.717, 1.165) is 12.0 Å². The van der Waals surface area contributed by atoms with Gasteiger partial charge in [-0.2, -0.15) is 0 Å². The summed E-state index contributed by atoms with van der Waals surface area (Å²) in [6.45, 7) is 3.51. The molecular weight excluding hydrogens is 244 g/mol. The monoisotopic (exact) mass is 272 g/mol. The van der Waals surface area contributed by atoms with Gasteiger partial charge in [-0.15, -0.1) is 0 Å². The molecule has 2 nitrogen and oxygen atoms in total. The average molecular weight is 272 g/mol. The molecule has 0 aromatic heterocycles. The fourth-order valence-corrected chi connectivity index (χ4v) is 4.19. The van der Waals surface area contributed by atoms with Crippen LogP contribution in [0.4, 0.5) is 5.69 Å². The highest BCUT2D eigenvalue weighted by Crippen LogP contribution is 2.39. The smallest absolute Gasteiger partial charge is 0.0417 e. The third-order valence-electron chi connectivity index (χ3n) is 5.39. The van der Waals surface area contributed by atoms with Gasteiger partial charge in [0.25, 0.3) is 0 Å². The Morgan fingerprint density at radius 2 is 1.85 bits per heavy atom. The normalized spacial score (nSPS) is 28.0. The van der Waals surface area contributed by atoms with E-state index >= 15 is 0 Å². The summed E-state index contributed by atoms with van der Waals surface area (Å²) < 4.78 is 0. The number of fused-ring (bicyclic) bond motifs is 1. The molecule has 2 aliphatic rings. The lowest BCUT2D eigenvalue weighted by Crippen LogP contribution is -2.47. The lowest BCUT2D eigenvalue weighted by molar-refractivity contribution is 0.243. The molecule has 2 fully saturated rings. The number of hydrogen-bond donors (Lipinski definition) is 1. The number of anilines is 1. The molecule has 0 spiro atoms. The summed E-state index contributed by atoms with van der Waals surface area (Å²) in [6, 6.07) is 10.2. The minimum absolute atomic E-state index is 0.426. The van der Waals surface area contributed by atoms with Crippen LogP contribution in [-0.4, -0.2) is 19.6 Å². The van der Waals surface area contributed by atoms with E-state index in [-0.39, 0.29) is 0 Å². The summed E-state index contributed by atoms with van der Waals surface area (Å²) in [4.78, 5) is 2.73. The average Bonchev–Trinajstić information content (AvgIpc) is 2.53. The van der Waals surface area contributed by atoms with Gasteiger partial charge in [-0.3, -0.25) is 0 Å². The fraction of sp³-hybridized carbons (Fsp3) is 0.667. The number of benzene rings is 1. The second kappa shape index (κ2) is 6.17. The Morgan fingerprint density at radius 3 is 2.70 bits per heavy atom. The van der Waals surface area contributed by atoms with Crippen molar-refractivity contribution in [1.82, 2.24) is 5.32 Å². The summed E-state index contributed by atoms with van der Waals surface area (Å²) >= 11 is 0. The molecule has 1 unspecified atom stereocenters. The van der Waals surface area contributed by atoms with Crippen LogP contribution >= 0.6 is 0 Å². The lowest BCUT2D eigenvalue weighted by Gasteiger charge is -2.46. The topological polar surface area (TPSA) is 15.3 Å². The van der Waals surface area contributed by atoms with Gasteiger partial charge >= 0.3 is 0 Å². The zero-order valence-electron chi connectivity index (χ0n) is 12.9. The lowest BCUT2D eigenvalue weighted by atomic mass is 9.78. The van der Waals surface area contributed by atoms with Crippen LogP contribution in [0.1, 0.15) is 57.1 Å². The van der Waals surface area contributed by atoms with Crippen molar-refractivity contribution in [2.45, 2.75) is 57.5 Å². The Hall–Kier alpha value is -1.02. The van der Waals surface area contributed by atoms with E-state index < -0.39 is 0 Å². The largest absolute Gasteiger partial charge is 0.368 e. The minimum atomic E-state index is 0.426. The second-order valence-electron chi connectivity index (χ2n) is 6.52. The molecule has 110 valence electrons. The van der Waals surface area contributed by atoms with Gasteiger partial charge in [0.2, 0.25) is 0 Å². The van der Waals surface area contributed by atoms with Crippen molar-refractivity contribution < 1.29 is 0 Å². The third kappa shape index (κ3) is 2.58. The zero-order valence-corrected chi connectivity index (χ0v) is 12.9. The van der Waals surface area contributed by atoms with Crippen LogP contribution < -0.4 is 10.2 Å². The van der Waals surface area contributed by atoms with Crippen molar-refractivity contribution in [3.05, 3.63) is 29.8 Å². The number of hydrogen-bond acceptors (Lipinski definition) is 2. The summed E-state index contributed by atoms with van der Waals surface area (Å²) in [5, 5.41) is 3.41. The molecule has 1 saturated heterocycles. The summed E-state index contributed by atoms with van der Waals surface area (Å²) in [7, 11) is 2.06. The predicted octanol–water partition coefficient (Wildman–Crippen LogP) is 4.13. The van der Waals surface area contributed by atoms with Crippen LogP contribution in [0.2, 0.25) is 0 Å². The number of nitrogens with zero attached hydrogens (tertiary/aromatic N) is 1. The van der Waals surface area contributed by atoms with Crippen molar-refractivity contribution >= 4 is 5.69 Å². The first-order valence-electron chi connectivity index (χ1n) is 8.34. The molecule has 0 amide bonds. The molecule has 3 atom stereocenters. The molecule has 0 radical (unpaired) electrons. The molecular formula is C18H28N2. The number of para-hydroxylation sites is 1. The Kier molecular flexibility index (Phi) is 4.30. The molecule has 1 aromatic carbocycles. The summed E-state index contributed by atoms with van der Waals surface area (Å²) in [5.41, 5.74) is 2.94. The second-order valence-corrected chi connectivity index (χ2v) is 6.52. The molecule has 1 aliphatic heterocycles. The van der Waals surface area contributed by atoms with Crippen LogP contribution in [0.25, 0.3) is 0 Å². The molecule has 1 aliphatic carbocycles. The standard InChI is InChI=1S/C18H28N2/c1-14(19-2)16-10-4-6-12-18(16)20-13-7-9-15-8-3-5-11-17(15)20/h4,6,10,12,14-15,17,19H,3,5,7-9,11,13H2,1-2H3/t14?,15-,17-/m1/s1. The van der Waals surface area contributed by atoms with Gasteiger partial charge in [-0.25, -0.2) is 0 Å². The van der Waals surface area contributed by atoms with Crippen LogP contribution in [0, 0.1) is 5.92 Å². The summed E-state index contributed by atoms with van der Waals surface area (Å²) in [6.07, 6.45) is 8.52. The van der Waals surface area contributed by atoms with E-state index in [9.17, 15) is 0 Å². The Morgan fingerprint density at radius 1 is 1.10 bits per heavy atom. The van der Waals surface area contributed by atoms with Gasteiger partial charge in [0.15, 0.2) is 0 Å². The van der Waals surface area contributed by atoms with E-state index in [1.165, 1.54) is 56.3 Å². The molecule has 20 heavy (non-hydrogen) atoms. The minimum Gasteiger partial charge on any atom is -0.368 e. The molecule has 2 heteroatoms. The maximum atomic E-state index is 3.41. The van der Waals surface area contributed by atoms with Gasteiger partial charge < -0.3 is 10.2 Å². The van der Waals surface area contributed by atoms with E-state index in [4.69, 9.17) is 0 Å². The van der Waals surface area contributed by atoms with Crippen LogP contribution in [-0.2, 0) is 0 Å². The molecule has 1 aromatic rings.